The maximum absolute atomic E-state index is 13.8. The fourth-order valence-electron chi connectivity index (χ4n) is 7.33. The van der Waals surface area contributed by atoms with E-state index in [-0.39, 0.29) is 18.0 Å². The molecule has 2 saturated heterocycles. The second-order valence-corrected chi connectivity index (χ2v) is 13.5. The molecule has 8 rings (SSSR count). The fourth-order valence-corrected chi connectivity index (χ4v) is 8.42. The van der Waals surface area contributed by atoms with Gasteiger partial charge in [-0.1, -0.05) is 11.6 Å². The number of carbonyl (C=O) groups is 1. The number of rotatable bonds is 6. The van der Waals surface area contributed by atoms with Crippen LogP contribution in [0.5, 0.6) is 5.75 Å². The molecular formula is C33H30ClN7O2S. The molecule has 1 saturated carbocycles. The number of nitrogens with zero attached hydrogens (tertiary/aromatic N) is 6. The number of fused-ring (bicyclic) bond motifs is 4. The number of imidazole rings is 1. The van der Waals surface area contributed by atoms with Gasteiger partial charge in [0.2, 0.25) is 0 Å². The van der Waals surface area contributed by atoms with Crippen molar-refractivity contribution < 1.29 is 9.53 Å². The van der Waals surface area contributed by atoms with Crippen LogP contribution in [0.15, 0.2) is 54.2 Å². The summed E-state index contributed by atoms with van der Waals surface area (Å²) >= 11 is 8.10. The van der Waals surface area contributed by atoms with E-state index in [4.69, 9.17) is 27.1 Å². The zero-order valence-electron chi connectivity index (χ0n) is 24.1. The van der Waals surface area contributed by atoms with Crippen LogP contribution in [-0.4, -0.2) is 64.2 Å². The number of likely N-dealkylation sites (tertiary alicyclic amines) is 1. The summed E-state index contributed by atoms with van der Waals surface area (Å²) in [6.07, 6.45) is 5.43. The fraction of sp³-hybridized carbons (Fsp3) is 0.333. The number of amides is 1. The first-order valence-electron chi connectivity index (χ1n) is 14.8. The Labute approximate surface area is 263 Å². The molecule has 3 atom stereocenters. The van der Waals surface area contributed by atoms with Crippen molar-refractivity contribution in [3.05, 3.63) is 70.3 Å². The molecule has 44 heavy (non-hydrogen) atoms. The number of nitrogens with two attached hydrogens (primary N) is 1. The number of ether oxygens (including phenoxy) is 1. The van der Waals surface area contributed by atoms with Crippen LogP contribution in [-0.2, 0) is 6.54 Å². The van der Waals surface area contributed by atoms with E-state index in [1.54, 1.807) is 30.8 Å². The number of anilines is 1. The number of methoxy groups -OCH3 is 1. The van der Waals surface area contributed by atoms with Crippen molar-refractivity contribution in [2.24, 2.45) is 17.6 Å². The largest absolute Gasteiger partial charge is 0.494 e. The summed E-state index contributed by atoms with van der Waals surface area (Å²) in [5.41, 5.74) is 11.1. The molecule has 2 bridgehead atoms. The van der Waals surface area contributed by atoms with E-state index in [0.717, 1.165) is 64.1 Å². The van der Waals surface area contributed by atoms with Gasteiger partial charge in [0.15, 0.2) is 0 Å². The van der Waals surface area contributed by atoms with E-state index in [9.17, 15) is 10.1 Å². The lowest BCUT2D eigenvalue weighted by Gasteiger charge is -2.41. The van der Waals surface area contributed by atoms with Crippen LogP contribution in [0, 0.1) is 23.2 Å². The normalized spacial score (nSPS) is 21.3. The standard InChI is InChI=1S/C33H30ClN7O2S/c1-43-28-8-21(33(42)40-16-20-2-4-27(40)30(20)36)7-26-31(28)41(15-19-13-39(14-19)23-6-18(10-35)11-37-12-23)32(38-26)25-17-44-29-5-3-22(34)9-24(25)29/h3,5-9,11-12,17,19-20,27,30H,2,4,13-16,36H2,1H3/t20?,27?,30-/m1/s1. The van der Waals surface area contributed by atoms with Crippen molar-refractivity contribution >= 4 is 55.7 Å². The molecule has 5 aromatic rings. The molecule has 0 radical (unpaired) electrons. The number of piperidine rings is 1. The zero-order chi connectivity index (χ0) is 30.1. The predicted octanol–water partition coefficient (Wildman–Crippen LogP) is 5.54. The number of thiophene rings is 1. The highest BCUT2D eigenvalue weighted by molar-refractivity contribution is 7.17. The molecule has 2 unspecified atom stereocenters. The highest BCUT2D eigenvalue weighted by atomic mass is 35.5. The van der Waals surface area contributed by atoms with Gasteiger partial charge in [0.05, 0.1) is 30.1 Å². The van der Waals surface area contributed by atoms with Gasteiger partial charge < -0.3 is 24.8 Å². The van der Waals surface area contributed by atoms with Crippen molar-refractivity contribution in [3.63, 3.8) is 0 Å². The third-order valence-electron chi connectivity index (χ3n) is 9.58. The van der Waals surface area contributed by atoms with Gasteiger partial charge in [0.1, 0.15) is 23.2 Å². The summed E-state index contributed by atoms with van der Waals surface area (Å²) < 4.78 is 9.34. The Balaban J connectivity index is 1.19. The van der Waals surface area contributed by atoms with Crippen molar-refractivity contribution in [1.29, 1.82) is 5.26 Å². The highest BCUT2D eigenvalue weighted by Crippen LogP contribution is 2.41. The molecule has 9 nitrogen and oxygen atoms in total. The van der Waals surface area contributed by atoms with Gasteiger partial charge in [0, 0.05) is 82.0 Å². The lowest BCUT2D eigenvalue weighted by molar-refractivity contribution is 0.0700. The molecule has 5 heterocycles. The molecule has 3 fully saturated rings. The Hall–Kier alpha value is -4.17. The Bertz CT molecular complexity index is 1990. The SMILES string of the molecule is COc1cc(C(=O)N2CC3CCC2[C@@H]3N)cc2nc(-c3csc4ccc(Cl)cc34)n(CC3CN(c4cncc(C#N)c4)C3)c12. The molecule has 11 heteroatoms. The zero-order valence-corrected chi connectivity index (χ0v) is 25.7. The van der Waals surface area contributed by atoms with Gasteiger partial charge in [-0.05, 0) is 55.2 Å². The number of halogens is 1. The topological polar surface area (TPSA) is 113 Å². The average molecular weight is 624 g/mol. The Kier molecular flexibility index (Phi) is 6.52. The minimum absolute atomic E-state index is 0.0143. The number of hydrogen-bond acceptors (Lipinski definition) is 8. The third-order valence-corrected chi connectivity index (χ3v) is 10.8. The van der Waals surface area contributed by atoms with E-state index < -0.39 is 0 Å². The smallest absolute Gasteiger partial charge is 0.254 e. The maximum atomic E-state index is 13.8. The van der Waals surface area contributed by atoms with Crippen molar-refractivity contribution in [1.82, 2.24) is 19.4 Å². The van der Waals surface area contributed by atoms with Crippen LogP contribution < -0.4 is 15.4 Å². The quantitative estimate of drug-likeness (QED) is 0.264. The second kappa shape index (κ2) is 10.5. The molecule has 2 aromatic carbocycles. The average Bonchev–Trinajstić information content (AvgIpc) is 3.78. The summed E-state index contributed by atoms with van der Waals surface area (Å²) in [7, 11) is 1.65. The number of benzene rings is 2. The molecule has 3 aliphatic rings. The Morgan fingerprint density at radius 1 is 1.18 bits per heavy atom. The molecule has 0 spiro atoms. The van der Waals surface area contributed by atoms with E-state index in [0.29, 0.717) is 46.8 Å². The molecule has 1 amide bonds. The second-order valence-electron chi connectivity index (χ2n) is 12.1. The van der Waals surface area contributed by atoms with Crippen molar-refractivity contribution in [3.8, 4) is 23.2 Å². The molecule has 1 aliphatic carbocycles. The van der Waals surface area contributed by atoms with Crippen LogP contribution in [0.1, 0.15) is 28.8 Å². The number of pyridine rings is 1. The molecular weight excluding hydrogens is 594 g/mol. The van der Waals surface area contributed by atoms with Gasteiger partial charge in [0.25, 0.3) is 5.91 Å². The number of carbonyl (C=O) groups excluding carboxylic acids is 1. The summed E-state index contributed by atoms with van der Waals surface area (Å²) in [4.78, 5) is 27.4. The van der Waals surface area contributed by atoms with Crippen molar-refractivity contribution in [2.45, 2.75) is 31.5 Å². The van der Waals surface area contributed by atoms with Crippen LogP contribution in [0.4, 0.5) is 5.69 Å². The van der Waals surface area contributed by atoms with E-state index >= 15 is 0 Å². The predicted molar refractivity (Wildman–Crippen MR) is 172 cm³/mol. The van der Waals surface area contributed by atoms with Crippen LogP contribution in [0.25, 0.3) is 32.5 Å². The maximum Gasteiger partial charge on any atom is 0.254 e. The van der Waals surface area contributed by atoms with E-state index in [1.807, 2.05) is 41.3 Å². The first kappa shape index (κ1) is 27.4. The number of aromatic nitrogens is 3. The summed E-state index contributed by atoms with van der Waals surface area (Å²) in [6, 6.07) is 13.9. The molecule has 2 N–H and O–H groups in total. The molecule has 2 aliphatic heterocycles. The van der Waals surface area contributed by atoms with Crippen LogP contribution >= 0.6 is 22.9 Å². The van der Waals surface area contributed by atoms with Gasteiger partial charge in [-0.25, -0.2) is 4.98 Å². The minimum Gasteiger partial charge on any atom is -0.494 e. The number of nitriles is 1. The Morgan fingerprint density at radius 3 is 2.80 bits per heavy atom. The number of hydrogen-bond donors (Lipinski definition) is 1. The van der Waals surface area contributed by atoms with E-state index in [2.05, 4.69) is 25.9 Å². The first-order valence-corrected chi connectivity index (χ1v) is 16.1. The summed E-state index contributed by atoms with van der Waals surface area (Å²) in [6.45, 7) is 3.06. The Morgan fingerprint density at radius 2 is 2.05 bits per heavy atom. The highest BCUT2D eigenvalue weighted by Gasteiger charge is 2.47. The molecule has 3 aromatic heterocycles. The third kappa shape index (κ3) is 4.33. The van der Waals surface area contributed by atoms with Gasteiger partial charge in [-0.2, -0.15) is 5.26 Å². The first-order chi connectivity index (χ1) is 21.4. The van der Waals surface area contributed by atoms with Crippen LogP contribution in [0.3, 0.4) is 0 Å². The summed E-state index contributed by atoms with van der Waals surface area (Å²) in [5, 5.41) is 13.2. The molecule has 222 valence electrons. The lowest BCUT2D eigenvalue weighted by Crippen LogP contribution is -2.48. The van der Waals surface area contributed by atoms with Gasteiger partial charge in [-0.3, -0.25) is 9.78 Å². The van der Waals surface area contributed by atoms with Gasteiger partial charge in [-0.15, -0.1) is 11.3 Å². The van der Waals surface area contributed by atoms with E-state index in [1.165, 1.54) is 0 Å². The summed E-state index contributed by atoms with van der Waals surface area (Å²) in [5.74, 6) is 2.14. The monoisotopic (exact) mass is 623 g/mol. The van der Waals surface area contributed by atoms with Gasteiger partial charge >= 0.3 is 0 Å². The van der Waals surface area contributed by atoms with Crippen LogP contribution in [0.2, 0.25) is 5.02 Å². The minimum atomic E-state index is -0.0143. The van der Waals surface area contributed by atoms with Crippen molar-refractivity contribution in [2.75, 3.05) is 31.6 Å². The lowest BCUT2D eigenvalue weighted by atomic mass is 9.98.